The molecule has 1 nitrogen and oxygen atoms in total. The summed E-state index contributed by atoms with van der Waals surface area (Å²) in [7, 11) is 0. The van der Waals surface area contributed by atoms with Gasteiger partial charge in [0, 0.05) is 6.08 Å². The minimum Gasteiger partial charge on any atom is -0.289 e. The van der Waals surface area contributed by atoms with Crippen molar-refractivity contribution in [1.82, 2.24) is 0 Å². The van der Waals surface area contributed by atoms with Gasteiger partial charge in [-0.2, -0.15) is 0 Å². The maximum Gasteiger partial charge on any atom is 0.194 e. The molecule has 0 amide bonds. The Kier molecular flexibility index (Phi) is 3.35. The minimum absolute atomic E-state index is 0.0874. The maximum atomic E-state index is 11.2. The quantitative estimate of drug-likeness (QED) is 0.658. The zero-order chi connectivity index (χ0) is 9.14. The van der Waals surface area contributed by atoms with Crippen LogP contribution in [-0.2, 0) is 4.79 Å². The van der Waals surface area contributed by atoms with Gasteiger partial charge in [0.25, 0.3) is 0 Å². The predicted molar refractivity (Wildman–Crippen MR) is 57.1 cm³/mol. The Balaban J connectivity index is 2.76. The topological polar surface area (TPSA) is 17.1 Å². The van der Waals surface area contributed by atoms with Crippen LogP contribution >= 0.6 is 27.7 Å². The summed E-state index contributed by atoms with van der Waals surface area (Å²) in [6, 6.07) is 0. The number of carbonyl (C=O) groups is 1. The summed E-state index contributed by atoms with van der Waals surface area (Å²) in [6.07, 6.45) is 5.39. The molecule has 0 radical (unpaired) electrons. The molecule has 1 aliphatic heterocycles. The molecule has 1 rings (SSSR count). The largest absolute Gasteiger partial charge is 0.289 e. The van der Waals surface area contributed by atoms with Crippen molar-refractivity contribution in [1.29, 1.82) is 0 Å². The standard InChI is InChI=1S/C9H9BrOS/c1-6(2)3-4-8-7(11)5-9(10)12-8/h3-5H,1-2H3/b8-4+. The SMILES string of the molecule is CC(C)=C/C=C1/SC(Br)=CC1=O. The second-order valence-electron chi connectivity index (χ2n) is 2.69. The lowest BCUT2D eigenvalue weighted by Gasteiger charge is -1.90. The van der Waals surface area contributed by atoms with Gasteiger partial charge in [0.15, 0.2) is 5.78 Å². The van der Waals surface area contributed by atoms with E-state index in [1.807, 2.05) is 26.0 Å². The van der Waals surface area contributed by atoms with Gasteiger partial charge in [-0.1, -0.05) is 23.4 Å². The van der Waals surface area contributed by atoms with E-state index >= 15 is 0 Å². The van der Waals surface area contributed by atoms with Crippen LogP contribution < -0.4 is 0 Å². The average Bonchev–Trinajstić information content (AvgIpc) is 2.26. The average molecular weight is 245 g/mol. The molecule has 0 saturated heterocycles. The normalized spacial score (nSPS) is 19.8. The monoisotopic (exact) mass is 244 g/mol. The van der Waals surface area contributed by atoms with Crippen molar-refractivity contribution in [3.63, 3.8) is 0 Å². The Hall–Kier alpha value is -0.280. The summed E-state index contributed by atoms with van der Waals surface area (Å²) in [4.78, 5) is 12.0. The van der Waals surface area contributed by atoms with E-state index < -0.39 is 0 Å². The van der Waals surface area contributed by atoms with Crippen molar-refractivity contribution in [2.75, 3.05) is 0 Å². The van der Waals surface area contributed by atoms with Gasteiger partial charge < -0.3 is 0 Å². The van der Waals surface area contributed by atoms with Crippen LogP contribution in [0, 0.1) is 0 Å². The third-order valence-corrected chi connectivity index (χ3v) is 2.85. The van der Waals surface area contributed by atoms with E-state index in [0.717, 1.165) is 8.72 Å². The molecular formula is C9H9BrOS. The van der Waals surface area contributed by atoms with E-state index in [9.17, 15) is 4.79 Å². The lowest BCUT2D eigenvalue weighted by molar-refractivity contribution is -0.110. The van der Waals surface area contributed by atoms with E-state index in [-0.39, 0.29) is 5.78 Å². The molecule has 0 aliphatic carbocycles. The molecule has 12 heavy (non-hydrogen) atoms. The molecule has 0 aromatic carbocycles. The molecule has 1 heterocycles. The van der Waals surface area contributed by atoms with Gasteiger partial charge in [-0.05, 0) is 35.9 Å². The van der Waals surface area contributed by atoms with Crippen LogP contribution in [0.1, 0.15) is 13.8 Å². The van der Waals surface area contributed by atoms with E-state index in [0.29, 0.717) is 0 Å². The number of rotatable bonds is 1. The molecule has 3 heteroatoms. The highest BCUT2D eigenvalue weighted by atomic mass is 79.9. The van der Waals surface area contributed by atoms with Crippen molar-refractivity contribution >= 4 is 33.5 Å². The summed E-state index contributed by atoms with van der Waals surface area (Å²) >= 11 is 4.73. The lowest BCUT2D eigenvalue weighted by atomic mass is 10.3. The van der Waals surface area contributed by atoms with Gasteiger partial charge >= 0.3 is 0 Å². The molecule has 0 N–H and O–H groups in total. The molecule has 0 aromatic rings. The summed E-state index contributed by atoms with van der Waals surface area (Å²) in [5, 5.41) is 0. The van der Waals surface area contributed by atoms with Crippen LogP contribution in [0.3, 0.4) is 0 Å². The van der Waals surface area contributed by atoms with E-state index in [1.54, 1.807) is 6.08 Å². The number of halogens is 1. The minimum atomic E-state index is 0.0874. The Morgan fingerprint density at radius 3 is 2.67 bits per heavy atom. The molecule has 1 aliphatic rings. The maximum absolute atomic E-state index is 11.2. The molecular weight excluding hydrogens is 236 g/mol. The molecule has 0 spiro atoms. The Morgan fingerprint density at radius 1 is 1.58 bits per heavy atom. The smallest absolute Gasteiger partial charge is 0.194 e. The van der Waals surface area contributed by atoms with Crippen LogP contribution in [0.4, 0.5) is 0 Å². The van der Waals surface area contributed by atoms with E-state index in [1.165, 1.54) is 17.3 Å². The summed E-state index contributed by atoms with van der Waals surface area (Å²) in [6.45, 7) is 4.01. The first-order chi connectivity index (χ1) is 5.59. The van der Waals surface area contributed by atoms with Gasteiger partial charge in [0.2, 0.25) is 0 Å². The summed E-state index contributed by atoms with van der Waals surface area (Å²) < 4.78 is 0.890. The number of allylic oxidation sites excluding steroid dienone is 5. The number of carbonyl (C=O) groups excluding carboxylic acids is 1. The fraction of sp³-hybridized carbons (Fsp3) is 0.222. The van der Waals surface area contributed by atoms with Crippen LogP contribution in [-0.4, -0.2) is 5.78 Å². The van der Waals surface area contributed by atoms with Gasteiger partial charge in [0.05, 0.1) is 8.72 Å². The highest BCUT2D eigenvalue weighted by molar-refractivity contribution is 9.14. The van der Waals surface area contributed by atoms with Crippen molar-refractivity contribution in [2.45, 2.75) is 13.8 Å². The van der Waals surface area contributed by atoms with E-state index in [4.69, 9.17) is 0 Å². The zero-order valence-electron chi connectivity index (χ0n) is 6.93. The van der Waals surface area contributed by atoms with Crippen molar-refractivity contribution in [3.8, 4) is 0 Å². The van der Waals surface area contributed by atoms with Crippen LogP contribution in [0.2, 0.25) is 0 Å². The fourth-order valence-electron chi connectivity index (χ4n) is 0.718. The number of thioether (sulfide) groups is 1. The molecule has 0 atom stereocenters. The van der Waals surface area contributed by atoms with Gasteiger partial charge in [-0.15, -0.1) is 0 Å². The van der Waals surface area contributed by atoms with Crippen LogP contribution in [0.5, 0.6) is 0 Å². The molecule has 0 saturated carbocycles. The van der Waals surface area contributed by atoms with Gasteiger partial charge in [-0.25, -0.2) is 0 Å². The molecule has 0 aromatic heterocycles. The number of hydrogen-bond acceptors (Lipinski definition) is 2. The first-order valence-corrected chi connectivity index (χ1v) is 5.15. The van der Waals surface area contributed by atoms with Crippen LogP contribution in [0.25, 0.3) is 0 Å². The van der Waals surface area contributed by atoms with Crippen molar-refractivity contribution in [3.05, 3.63) is 32.5 Å². The highest BCUT2D eigenvalue weighted by Crippen LogP contribution is 2.36. The Labute approximate surface area is 84.7 Å². The Morgan fingerprint density at radius 2 is 2.25 bits per heavy atom. The van der Waals surface area contributed by atoms with Gasteiger partial charge in [0.1, 0.15) is 0 Å². The molecule has 64 valence electrons. The Bertz CT molecular complexity index is 296. The first kappa shape index (κ1) is 9.81. The molecule has 0 bridgehead atoms. The fourth-order valence-corrected chi connectivity index (χ4v) is 2.12. The second kappa shape index (κ2) is 4.10. The number of hydrogen-bond donors (Lipinski definition) is 0. The summed E-state index contributed by atoms with van der Waals surface area (Å²) in [5.41, 5.74) is 1.19. The highest BCUT2D eigenvalue weighted by Gasteiger charge is 2.16. The van der Waals surface area contributed by atoms with Crippen molar-refractivity contribution < 1.29 is 4.79 Å². The molecule has 0 unspecified atom stereocenters. The number of ketones is 1. The predicted octanol–water partition coefficient (Wildman–Crippen LogP) is 3.39. The zero-order valence-corrected chi connectivity index (χ0v) is 9.33. The molecule has 0 fully saturated rings. The van der Waals surface area contributed by atoms with E-state index in [2.05, 4.69) is 15.9 Å². The van der Waals surface area contributed by atoms with Crippen molar-refractivity contribution in [2.24, 2.45) is 0 Å². The lowest BCUT2D eigenvalue weighted by Crippen LogP contribution is -1.86. The van der Waals surface area contributed by atoms with Crippen LogP contribution in [0.15, 0.2) is 32.5 Å². The summed E-state index contributed by atoms with van der Waals surface area (Å²) in [5.74, 6) is 0.0874. The third kappa shape index (κ3) is 2.64. The van der Waals surface area contributed by atoms with Gasteiger partial charge in [-0.3, -0.25) is 4.79 Å². The first-order valence-electron chi connectivity index (χ1n) is 3.54. The third-order valence-electron chi connectivity index (χ3n) is 1.26. The second-order valence-corrected chi connectivity index (χ2v) is 5.15.